The van der Waals surface area contributed by atoms with E-state index in [0.717, 1.165) is 12.0 Å². The second kappa shape index (κ2) is 6.66. The molecule has 1 unspecified atom stereocenters. The van der Waals surface area contributed by atoms with Crippen LogP contribution in [0.5, 0.6) is 0 Å². The molecule has 0 aliphatic carbocycles. The number of hydrogen-bond acceptors (Lipinski definition) is 2. The smallest absolute Gasteiger partial charge is 0.137 e. The number of hydrogen-bond donors (Lipinski definition) is 0. The van der Waals surface area contributed by atoms with Crippen LogP contribution < -0.4 is 0 Å². The Kier molecular flexibility index (Phi) is 5.50. The lowest BCUT2D eigenvalue weighted by Crippen LogP contribution is -2.10. The van der Waals surface area contributed by atoms with Gasteiger partial charge >= 0.3 is 0 Å². The zero-order valence-corrected chi connectivity index (χ0v) is 10.5. The van der Waals surface area contributed by atoms with Gasteiger partial charge < -0.3 is 4.74 Å². The molecular formula is C13H17ClO2. The fourth-order valence-corrected chi connectivity index (χ4v) is 1.63. The van der Waals surface area contributed by atoms with Crippen molar-refractivity contribution in [2.75, 3.05) is 7.11 Å². The summed E-state index contributed by atoms with van der Waals surface area (Å²) in [6.45, 7) is 1.96. The van der Waals surface area contributed by atoms with E-state index in [1.165, 1.54) is 0 Å². The van der Waals surface area contributed by atoms with E-state index in [-0.39, 0.29) is 11.9 Å². The van der Waals surface area contributed by atoms with Crippen LogP contribution in [0.25, 0.3) is 0 Å². The first kappa shape index (κ1) is 13.2. The molecular weight excluding hydrogens is 224 g/mol. The Bertz CT molecular complexity index is 350. The molecule has 16 heavy (non-hydrogen) atoms. The molecule has 0 saturated heterocycles. The van der Waals surface area contributed by atoms with Crippen molar-refractivity contribution in [2.24, 2.45) is 0 Å². The highest BCUT2D eigenvalue weighted by Gasteiger charge is 2.08. The molecule has 1 atom stereocenters. The average molecular weight is 241 g/mol. The van der Waals surface area contributed by atoms with Crippen LogP contribution >= 0.6 is 11.6 Å². The molecule has 1 rings (SSSR count). The number of ketones is 1. The maximum atomic E-state index is 11.7. The molecule has 0 spiro atoms. The second-order valence-corrected chi connectivity index (χ2v) is 4.30. The van der Waals surface area contributed by atoms with Gasteiger partial charge in [0.05, 0.1) is 6.10 Å². The van der Waals surface area contributed by atoms with Crippen molar-refractivity contribution in [3.05, 3.63) is 34.9 Å². The van der Waals surface area contributed by atoms with E-state index in [4.69, 9.17) is 16.3 Å². The van der Waals surface area contributed by atoms with Gasteiger partial charge in [0.25, 0.3) is 0 Å². The fraction of sp³-hybridized carbons (Fsp3) is 0.462. The molecule has 0 saturated carbocycles. The standard InChI is InChI=1S/C13H17ClO2/c1-10(16-2)7-8-12(15)9-11-5-3-4-6-13(11)14/h3-6,10H,7-9H2,1-2H3. The molecule has 0 amide bonds. The molecule has 2 nitrogen and oxygen atoms in total. The van der Waals surface area contributed by atoms with Gasteiger partial charge in [-0.1, -0.05) is 29.8 Å². The Labute approximate surface area is 102 Å². The van der Waals surface area contributed by atoms with Crippen LogP contribution in [0, 0.1) is 0 Å². The first-order valence-corrected chi connectivity index (χ1v) is 5.79. The number of methoxy groups -OCH3 is 1. The summed E-state index contributed by atoms with van der Waals surface area (Å²) in [5.41, 5.74) is 0.902. The summed E-state index contributed by atoms with van der Waals surface area (Å²) in [6.07, 6.45) is 1.85. The van der Waals surface area contributed by atoms with E-state index >= 15 is 0 Å². The van der Waals surface area contributed by atoms with Crippen LogP contribution in [-0.2, 0) is 16.0 Å². The number of carbonyl (C=O) groups excluding carboxylic acids is 1. The summed E-state index contributed by atoms with van der Waals surface area (Å²) in [6, 6.07) is 7.46. The Balaban J connectivity index is 2.43. The van der Waals surface area contributed by atoms with Gasteiger partial charge in [-0.2, -0.15) is 0 Å². The Morgan fingerprint density at radius 2 is 2.12 bits per heavy atom. The van der Waals surface area contributed by atoms with Crippen LogP contribution in [-0.4, -0.2) is 19.0 Å². The maximum Gasteiger partial charge on any atom is 0.137 e. The molecule has 0 aliphatic heterocycles. The third-order valence-electron chi connectivity index (χ3n) is 2.58. The van der Waals surface area contributed by atoms with Crippen LogP contribution in [0.3, 0.4) is 0 Å². The zero-order chi connectivity index (χ0) is 12.0. The van der Waals surface area contributed by atoms with Crippen LogP contribution in [0.4, 0.5) is 0 Å². The molecule has 1 aromatic rings. The van der Waals surface area contributed by atoms with E-state index in [1.54, 1.807) is 7.11 Å². The largest absolute Gasteiger partial charge is 0.382 e. The number of halogens is 1. The minimum Gasteiger partial charge on any atom is -0.382 e. The van der Waals surface area contributed by atoms with Crippen molar-refractivity contribution in [3.8, 4) is 0 Å². The molecule has 88 valence electrons. The lowest BCUT2D eigenvalue weighted by molar-refractivity contribution is -0.119. The third kappa shape index (κ3) is 4.33. The summed E-state index contributed by atoms with van der Waals surface area (Å²) in [4.78, 5) is 11.7. The van der Waals surface area contributed by atoms with Crippen LogP contribution in [0.15, 0.2) is 24.3 Å². The predicted octanol–water partition coefficient (Wildman–Crippen LogP) is 3.27. The van der Waals surface area contributed by atoms with Gasteiger partial charge in [-0.05, 0) is 25.0 Å². The topological polar surface area (TPSA) is 26.3 Å². The van der Waals surface area contributed by atoms with E-state index in [1.807, 2.05) is 31.2 Å². The van der Waals surface area contributed by atoms with E-state index in [9.17, 15) is 4.79 Å². The molecule has 3 heteroatoms. The Morgan fingerprint density at radius 3 is 2.75 bits per heavy atom. The number of carbonyl (C=O) groups is 1. The van der Waals surface area contributed by atoms with Gasteiger partial charge in [0.1, 0.15) is 5.78 Å². The number of rotatable bonds is 6. The SMILES string of the molecule is COC(C)CCC(=O)Cc1ccccc1Cl. The van der Waals surface area contributed by atoms with E-state index in [0.29, 0.717) is 17.9 Å². The normalized spacial score (nSPS) is 12.4. The van der Waals surface area contributed by atoms with Crippen LogP contribution in [0.2, 0.25) is 5.02 Å². The summed E-state index contributed by atoms with van der Waals surface area (Å²) < 4.78 is 5.10. The van der Waals surface area contributed by atoms with Crippen molar-refractivity contribution in [3.63, 3.8) is 0 Å². The predicted molar refractivity (Wildman–Crippen MR) is 65.9 cm³/mol. The number of Topliss-reactive ketones (excluding diaryl/α,β-unsaturated/α-hetero) is 1. The Hall–Kier alpha value is -0.860. The molecule has 0 radical (unpaired) electrons. The summed E-state index contributed by atoms with van der Waals surface area (Å²) in [7, 11) is 1.66. The Morgan fingerprint density at radius 1 is 1.44 bits per heavy atom. The maximum absolute atomic E-state index is 11.7. The lowest BCUT2D eigenvalue weighted by atomic mass is 10.0. The van der Waals surface area contributed by atoms with Gasteiger partial charge in [0.2, 0.25) is 0 Å². The quantitative estimate of drug-likeness (QED) is 0.763. The second-order valence-electron chi connectivity index (χ2n) is 3.89. The number of ether oxygens (including phenoxy) is 1. The van der Waals surface area contributed by atoms with Crippen molar-refractivity contribution < 1.29 is 9.53 Å². The minimum atomic E-state index is 0.134. The molecule has 0 aliphatic rings. The first-order valence-electron chi connectivity index (χ1n) is 5.41. The van der Waals surface area contributed by atoms with E-state index in [2.05, 4.69) is 0 Å². The third-order valence-corrected chi connectivity index (χ3v) is 2.95. The lowest BCUT2D eigenvalue weighted by Gasteiger charge is -2.08. The molecule has 0 heterocycles. The van der Waals surface area contributed by atoms with Crippen molar-refractivity contribution >= 4 is 17.4 Å². The van der Waals surface area contributed by atoms with Crippen molar-refractivity contribution in [1.29, 1.82) is 0 Å². The van der Waals surface area contributed by atoms with Crippen molar-refractivity contribution in [1.82, 2.24) is 0 Å². The molecule has 0 aromatic heterocycles. The number of benzene rings is 1. The summed E-state index contributed by atoms with van der Waals surface area (Å²) in [5, 5.41) is 0.663. The molecule has 0 N–H and O–H groups in total. The molecule has 1 aromatic carbocycles. The minimum absolute atomic E-state index is 0.134. The zero-order valence-electron chi connectivity index (χ0n) is 9.70. The summed E-state index contributed by atoms with van der Waals surface area (Å²) >= 11 is 5.98. The van der Waals surface area contributed by atoms with Crippen molar-refractivity contribution in [2.45, 2.75) is 32.3 Å². The summed E-state index contributed by atoms with van der Waals surface area (Å²) in [5.74, 6) is 0.206. The van der Waals surface area contributed by atoms with Gasteiger partial charge in [-0.3, -0.25) is 4.79 Å². The van der Waals surface area contributed by atoms with Gasteiger partial charge in [0.15, 0.2) is 0 Å². The van der Waals surface area contributed by atoms with Gasteiger partial charge in [0, 0.05) is 25.0 Å². The van der Waals surface area contributed by atoms with Gasteiger partial charge in [-0.15, -0.1) is 0 Å². The fourth-order valence-electron chi connectivity index (χ4n) is 1.42. The monoisotopic (exact) mass is 240 g/mol. The van der Waals surface area contributed by atoms with E-state index < -0.39 is 0 Å². The molecule has 0 fully saturated rings. The highest BCUT2D eigenvalue weighted by Crippen LogP contribution is 2.16. The average Bonchev–Trinajstić information content (AvgIpc) is 2.29. The highest BCUT2D eigenvalue weighted by atomic mass is 35.5. The first-order chi connectivity index (χ1) is 7.63. The molecule has 0 bridgehead atoms. The van der Waals surface area contributed by atoms with Crippen LogP contribution in [0.1, 0.15) is 25.3 Å². The van der Waals surface area contributed by atoms with Gasteiger partial charge in [-0.25, -0.2) is 0 Å². The highest BCUT2D eigenvalue weighted by molar-refractivity contribution is 6.31.